The van der Waals surface area contributed by atoms with E-state index in [9.17, 15) is 0 Å². The molecule has 1 heterocycles. The van der Waals surface area contributed by atoms with E-state index < -0.39 is 0 Å². The van der Waals surface area contributed by atoms with Crippen molar-refractivity contribution in [1.29, 1.82) is 5.26 Å². The van der Waals surface area contributed by atoms with E-state index in [1.165, 1.54) is 0 Å². The maximum absolute atomic E-state index is 9.14. The van der Waals surface area contributed by atoms with Crippen LogP contribution in [-0.4, -0.2) is 9.97 Å². The molecule has 0 fully saturated rings. The summed E-state index contributed by atoms with van der Waals surface area (Å²) < 4.78 is 0.881. The van der Waals surface area contributed by atoms with E-state index in [4.69, 9.17) is 16.9 Å². The number of nitrogens with zero attached hydrogens (tertiary/aromatic N) is 2. The van der Waals surface area contributed by atoms with Crippen molar-refractivity contribution in [3.05, 3.63) is 44.9 Å². The number of rotatable bonds is 6. The first kappa shape index (κ1) is 15.9. The Morgan fingerprint density at radius 2 is 2.29 bits per heavy atom. The molecule has 0 aliphatic carbocycles. The average molecular weight is 368 g/mol. The highest BCUT2D eigenvalue weighted by atomic mass is 79.9. The van der Waals surface area contributed by atoms with Crippen LogP contribution >= 0.6 is 27.5 Å². The van der Waals surface area contributed by atoms with Gasteiger partial charge >= 0.3 is 0 Å². The SMILES string of the molecule is CCCCc1nc(Cl)c(CNc2ccc(Br)cc2C#N)[nH]1. The number of hydrogen-bond donors (Lipinski definition) is 2. The topological polar surface area (TPSA) is 64.5 Å². The van der Waals surface area contributed by atoms with Crippen LogP contribution in [0.4, 0.5) is 5.69 Å². The van der Waals surface area contributed by atoms with E-state index in [1.54, 1.807) is 6.07 Å². The van der Waals surface area contributed by atoms with Gasteiger partial charge in [-0.15, -0.1) is 0 Å². The maximum atomic E-state index is 9.14. The molecule has 4 nitrogen and oxygen atoms in total. The van der Waals surface area contributed by atoms with E-state index in [0.29, 0.717) is 17.3 Å². The third-order valence-electron chi connectivity index (χ3n) is 3.10. The predicted octanol–water partition coefficient (Wildman–Crippen LogP) is 4.65. The Morgan fingerprint density at radius 1 is 1.48 bits per heavy atom. The van der Waals surface area contributed by atoms with Crippen molar-refractivity contribution in [3.8, 4) is 6.07 Å². The van der Waals surface area contributed by atoms with E-state index in [2.05, 4.69) is 44.2 Å². The first-order valence-electron chi connectivity index (χ1n) is 6.80. The van der Waals surface area contributed by atoms with Crippen LogP contribution < -0.4 is 5.32 Å². The second-order valence-corrected chi connectivity index (χ2v) is 5.99. The molecule has 0 radical (unpaired) electrons. The van der Waals surface area contributed by atoms with E-state index in [0.717, 1.165) is 40.9 Å². The minimum atomic E-state index is 0.490. The molecule has 0 amide bonds. The third-order valence-corrected chi connectivity index (χ3v) is 3.91. The standard InChI is InChI=1S/C15H16BrClN4/c1-2-3-4-14-20-13(15(17)21-14)9-19-12-6-5-11(16)7-10(12)8-18/h5-7,19H,2-4,9H2,1H3,(H,20,21). The molecular formula is C15H16BrClN4. The second-order valence-electron chi connectivity index (χ2n) is 4.71. The second kappa shape index (κ2) is 7.48. The Morgan fingerprint density at radius 3 is 3.00 bits per heavy atom. The molecule has 2 aromatic rings. The van der Waals surface area contributed by atoms with Gasteiger partial charge in [0.05, 0.1) is 23.5 Å². The average Bonchev–Trinajstić information content (AvgIpc) is 2.84. The number of unbranched alkanes of at least 4 members (excludes halogenated alkanes) is 1. The van der Waals surface area contributed by atoms with Gasteiger partial charge in [-0.1, -0.05) is 40.9 Å². The normalized spacial score (nSPS) is 10.4. The van der Waals surface area contributed by atoms with Gasteiger partial charge in [0.25, 0.3) is 0 Å². The summed E-state index contributed by atoms with van der Waals surface area (Å²) in [6.07, 6.45) is 3.11. The molecule has 0 saturated heterocycles. The Balaban J connectivity index is 2.06. The van der Waals surface area contributed by atoms with Crippen molar-refractivity contribution in [2.45, 2.75) is 32.7 Å². The highest BCUT2D eigenvalue weighted by Crippen LogP contribution is 2.22. The fraction of sp³-hybridized carbons (Fsp3) is 0.333. The number of nitriles is 1. The van der Waals surface area contributed by atoms with E-state index >= 15 is 0 Å². The Bertz CT molecular complexity index is 660. The Kier molecular flexibility index (Phi) is 5.66. The Hall–Kier alpha value is -1.51. The molecule has 0 atom stereocenters. The molecular weight excluding hydrogens is 352 g/mol. The van der Waals surface area contributed by atoms with Gasteiger partial charge in [-0.2, -0.15) is 5.26 Å². The molecule has 110 valence electrons. The van der Waals surface area contributed by atoms with Crippen LogP contribution in [0.15, 0.2) is 22.7 Å². The number of aromatic amines is 1. The van der Waals surface area contributed by atoms with Crippen LogP contribution in [0.25, 0.3) is 0 Å². The zero-order chi connectivity index (χ0) is 15.2. The zero-order valence-electron chi connectivity index (χ0n) is 11.7. The number of aromatic nitrogens is 2. The largest absolute Gasteiger partial charge is 0.378 e. The van der Waals surface area contributed by atoms with Crippen molar-refractivity contribution in [2.75, 3.05) is 5.32 Å². The van der Waals surface area contributed by atoms with Crippen LogP contribution in [0.1, 0.15) is 36.8 Å². The molecule has 21 heavy (non-hydrogen) atoms. The molecule has 1 aromatic carbocycles. The lowest BCUT2D eigenvalue weighted by Crippen LogP contribution is -2.02. The minimum absolute atomic E-state index is 0.490. The fourth-order valence-electron chi connectivity index (χ4n) is 1.97. The van der Waals surface area contributed by atoms with Crippen molar-refractivity contribution < 1.29 is 0 Å². The summed E-state index contributed by atoms with van der Waals surface area (Å²) in [5, 5.41) is 12.8. The summed E-state index contributed by atoms with van der Waals surface area (Å²) in [6.45, 7) is 2.65. The van der Waals surface area contributed by atoms with Crippen LogP contribution in [0, 0.1) is 11.3 Å². The van der Waals surface area contributed by atoms with Gasteiger partial charge in [-0.3, -0.25) is 0 Å². The molecule has 0 unspecified atom stereocenters. The quantitative estimate of drug-likeness (QED) is 0.781. The maximum Gasteiger partial charge on any atom is 0.152 e. The first-order valence-corrected chi connectivity index (χ1v) is 7.98. The molecule has 2 N–H and O–H groups in total. The number of benzene rings is 1. The number of imidazole rings is 1. The van der Waals surface area contributed by atoms with Crippen LogP contribution in [-0.2, 0) is 13.0 Å². The van der Waals surface area contributed by atoms with Gasteiger partial charge in [0.1, 0.15) is 11.9 Å². The van der Waals surface area contributed by atoms with Gasteiger partial charge in [-0.25, -0.2) is 4.98 Å². The lowest BCUT2D eigenvalue weighted by molar-refractivity contribution is 0.760. The minimum Gasteiger partial charge on any atom is -0.378 e. The van der Waals surface area contributed by atoms with Crippen molar-refractivity contribution >= 4 is 33.2 Å². The summed E-state index contributed by atoms with van der Waals surface area (Å²) in [7, 11) is 0. The van der Waals surface area contributed by atoms with Crippen LogP contribution in [0.2, 0.25) is 5.15 Å². The van der Waals surface area contributed by atoms with Gasteiger partial charge in [0.2, 0.25) is 0 Å². The number of hydrogen-bond acceptors (Lipinski definition) is 3. The molecule has 0 aliphatic rings. The van der Waals surface area contributed by atoms with Crippen molar-refractivity contribution in [3.63, 3.8) is 0 Å². The molecule has 6 heteroatoms. The summed E-state index contributed by atoms with van der Waals surface area (Å²) in [5.74, 6) is 0.912. The van der Waals surface area contributed by atoms with Gasteiger partial charge in [0.15, 0.2) is 5.15 Å². The van der Waals surface area contributed by atoms with Gasteiger partial charge in [-0.05, 0) is 24.6 Å². The van der Waals surface area contributed by atoms with Crippen LogP contribution in [0.3, 0.4) is 0 Å². The molecule has 2 rings (SSSR count). The van der Waals surface area contributed by atoms with Crippen molar-refractivity contribution in [1.82, 2.24) is 9.97 Å². The smallest absolute Gasteiger partial charge is 0.152 e. The fourth-order valence-corrected chi connectivity index (χ4v) is 2.54. The lowest BCUT2D eigenvalue weighted by atomic mass is 10.2. The number of H-pyrrole nitrogens is 1. The lowest BCUT2D eigenvalue weighted by Gasteiger charge is -2.07. The number of nitrogens with one attached hydrogen (secondary N) is 2. The predicted molar refractivity (Wildman–Crippen MR) is 88.4 cm³/mol. The molecule has 1 aromatic heterocycles. The van der Waals surface area contributed by atoms with Gasteiger partial charge in [0, 0.05) is 10.9 Å². The van der Waals surface area contributed by atoms with E-state index in [1.807, 2.05) is 12.1 Å². The number of aryl methyl sites for hydroxylation is 1. The summed E-state index contributed by atoms with van der Waals surface area (Å²) in [4.78, 5) is 7.55. The number of halogens is 2. The molecule has 0 saturated carbocycles. The summed E-state index contributed by atoms with van der Waals surface area (Å²) in [5.41, 5.74) is 2.21. The zero-order valence-corrected chi connectivity index (χ0v) is 14.1. The molecule has 0 spiro atoms. The van der Waals surface area contributed by atoms with Crippen LogP contribution in [0.5, 0.6) is 0 Å². The first-order chi connectivity index (χ1) is 10.1. The van der Waals surface area contributed by atoms with Crippen molar-refractivity contribution in [2.24, 2.45) is 0 Å². The summed E-state index contributed by atoms with van der Waals surface area (Å²) in [6, 6.07) is 7.71. The Labute approximate surface area is 137 Å². The highest BCUT2D eigenvalue weighted by Gasteiger charge is 2.09. The number of anilines is 1. The third kappa shape index (κ3) is 4.23. The molecule has 0 bridgehead atoms. The monoisotopic (exact) mass is 366 g/mol. The van der Waals surface area contributed by atoms with Gasteiger partial charge < -0.3 is 10.3 Å². The molecule has 0 aliphatic heterocycles. The highest BCUT2D eigenvalue weighted by molar-refractivity contribution is 9.10. The summed E-state index contributed by atoms with van der Waals surface area (Å²) >= 11 is 9.49. The van der Waals surface area contributed by atoms with E-state index in [-0.39, 0.29) is 0 Å².